The van der Waals surface area contributed by atoms with Crippen molar-refractivity contribution in [1.82, 2.24) is 14.9 Å². The zero-order chi connectivity index (χ0) is 25.4. The third-order valence-electron chi connectivity index (χ3n) is 6.86. The fraction of sp³-hybridized carbons (Fsp3) is 0.385. The van der Waals surface area contributed by atoms with Gasteiger partial charge in [-0.2, -0.15) is 0 Å². The van der Waals surface area contributed by atoms with Gasteiger partial charge in [-0.1, -0.05) is 0 Å². The van der Waals surface area contributed by atoms with E-state index >= 15 is 0 Å². The fourth-order valence-corrected chi connectivity index (χ4v) is 5.74. The molecule has 4 heterocycles. The van der Waals surface area contributed by atoms with E-state index in [-0.39, 0.29) is 24.2 Å². The highest BCUT2D eigenvalue weighted by Crippen LogP contribution is 2.35. The number of benzene rings is 2. The standard InChI is InChI=1S/C26H27N5O5S/c1-34-18-3-4-21-20(11-18)25(28-15-27-21)35-17-6-8-30(9-7-17)12-19-13-31(26(33)36-19)16-2-5-23-22(10-16)29-24(32)14-37-23/h2-5,10-11,15,17,19H,6-9,12-14H2,1H3,(H,29,32). The Morgan fingerprint density at radius 3 is 2.84 bits per heavy atom. The number of piperidine rings is 1. The maximum atomic E-state index is 12.6. The lowest BCUT2D eigenvalue weighted by Gasteiger charge is -2.32. The maximum Gasteiger partial charge on any atom is 0.414 e. The van der Waals surface area contributed by atoms with Crippen molar-refractivity contribution >= 4 is 46.0 Å². The summed E-state index contributed by atoms with van der Waals surface area (Å²) in [5, 5.41) is 3.72. The first-order chi connectivity index (χ1) is 18.1. The second-order valence-electron chi connectivity index (χ2n) is 9.31. The molecule has 192 valence electrons. The van der Waals surface area contributed by atoms with Crippen LogP contribution < -0.4 is 19.7 Å². The Balaban J connectivity index is 1.04. The van der Waals surface area contributed by atoms with Crippen molar-refractivity contribution < 1.29 is 23.8 Å². The van der Waals surface area contributed by atoms with E-state index < -0.39 is 0 Å². The van der Waals surface area contributed by atoms with Crippen LogP contribution in [-0.4, -0.2) is 78.1 Å². The normalized spacial score (nSPS) is 20.5. The summed E-state index contributed by atoms with van der Waals surface area (Å²) < 4.78 is 17.3. The van der Waals surface area contributed by atoms with Crippen molar-refractivity contribution in [2.24, 2.45) is 0 Å². The number of fused-ring (bicyclic) bond motifs is 2. The number of anilines is 2. The van der Waals surface area contributed by atoms with Crippen LogP contribution in [0.15, 0.2) is 47.6 Å². The van der Waals surface area contributed by atoms with Crippen LogP contribution in [0.25, 0.3) is 10.9 Å². The number of hydrogen-bond acceptors (Lipinski definition) is 9. The maximum absolute atomic E-state index is 12.6. The van der Waals surface area contributed by atoms with Gasteiger partial charge in [0, 0.05) is 30.2 Å². The third-order valence-corrected chi connectivity index (χ3v) is 7.94. The summed E-state index contributed by atoms with van der Waals surface area (Å²) in [5.74, 6) is 1.69. The first kappa shape index (κ1) is 23.8. The second-order valence-corrected chi connectivity index (χ2v) is 10.3. The lowest BCUT2D eigenvalue weighted by Crippen LogP contribution is -2.42. The molecule has 2 amide bonds. The van der Waals surface area contributed by atoms with Gasteiger partial charge in [0.15, 0.2) is 0 Å². The number of rotatable bonds is 6. The molecule has 0 radical (unpaired) electrons. The van der Waals surface area contributed by atoms with Crippen molar-refractivity contribution in [3.8, 4) is 11.6 Å². The van der Waals surface area contributed by atoms with Crippen molar-refractivity contribution in [2.75, 3.05) is 49.3 Å². The summed E-state index contributed by atoms with van der Waals surface area (Å²) in [6.07, 6.45) is 2.69. The zero-order valence-electron chi connectivity index (χ0n) is 20.4. The van der Waals surface area contributed by atoms with Gasteiger partial charge >= 0.3 is 6.09 Å². The van der Waals surface area contributed by atoms with Crippen LogP contribution in [0.4, 0.5) is 16.2 Å². The molecule has 0 bridgehead atoms. The smallest absolute Gasteiger partial charge is 0.414 e. The Hall–Kier alpha value is -3.57. The number of carbonyl (C=O) groups excluding carboxylic acids is 2. The van der Waals surface area contributed by atoms with Crippen molar-refractivity contribution in [3.05, 3.63) is 42.7 Å². The molecule has 1 atom stereocenters. The van der Waals surface area contributed by atoms with Crippen LogP contribution in [0, 0.1) is 0 Å². The second kappa shape index (κ2) is 10.1. The highest BCUT2D eigenvalue weighted by Gasteiger charge is 2.35. The molecule has 1 N–H and O–H groups in total. The average Bonchev–Trinajstić information content (AvgIpc) is 3.29. The molecule has 37 heavy (non-hydrogen) atoms. The van der Waals surface area contributed by atoms with E-state index in [4.69, 9.17) is 14.2 Å². The summed E-state index contributed by atoms with van der Waals surface area (Å²) >= 11 is 1.50. The number of nitrogens with one attached hydrogen (secondary N) is 1. The van der Waals surface area contributed by atoms with Crippen LogP contribution in [0.2, 0.25) is 0 Å². The van der Waals surface area contributed by atoms with Gasteiger partial charge in [0.05, 0.1) is 36.0 Å². The van der Waals surface area contributed by atoms with Gasteiger partial charge in [-0.05, 0) is 49.2 Å². The van der Waals surface area contributed by atoms with Gasteiger partial charge in [-0.25, -0.2) is 14.8 Å². The van der Waals surface area contributed by atoms with Crippen LogP contribution in [0.5, 0.6) is 11.6 Å². The lowest BCUT2D eigenvalue weighted by atomic mass is 10.1. The minimum absolute atomic E-state index is 0.0310. The Labute approximate surface area is 218 Å². The Morgan fingerprint density at radius 1 is 1.14 bits per heavy atom. The Bertz CT molecular complexity index is 1350. The summed E-state index contributed by atoms with van der Waals surface area (Å²) in [5.41, 5.74) is 2.29. The predicted octanol–water partition coefficient (Wildman–Crippen LogP) is 3.55. The number of cyclic esters (lactones) is 1. The first-order valence-electron chi connectivity index (χ1n) is 12.3. The van der Waals surface area contributed by atoms with E-state index in [0.29, 0.717) is 24.7 Å². The summed E-state index contributed by atoms with van der Waals surface area (Å²) in [7, 11) is 1.63. The molecule has 2 aromatic carbocycles. The third kappa shape index (κ3) is 5.01. The molecule has 0 saturated carbocycles. The predicted molar refractivity (Wildman–Crippen MR) is 140 cm³/mol. The van der Waals surface area contributed by atoms with E-state index in [2.05, 4.69) is 20.2 Å². The molecule has 10 nitrogen and oxygen atoms in total. The number of nitrogens with zero attached hydrogens (tertiary/aromatic N) is 4. The fourth-order valence-electron chi connectivity index (χ4n) is 4.95. The average molecular weight is 522 g/mol. The topological polar surface area (TPSA) is 106 Å². The molecule has 1 aromatic heterocycles. The largest absolute Gasteiger partial charge is 0.497 e. The number of aromatic nitrogens is 2. The molecule has 0 aliphatic carbocycles. The van der Waals surface area contributed by atoms with Crippen molar-refractivity contribution in [1.29, 1.82) is 0 Å². The summed E-state index contributed by atoms with van der Waals surface area (Å²) in [6, 6.07) is 11.4. The molecule has 2 saturated heterocycles. The van der Waals surface area contributed by atoms with Gasteiger partial charge in [-0.3, -0.25) is 14.6 Å². The zero-order valence-corrected chi connectivity index (χ0v) is 21.2. The molecule has 6 rings (SSSR count). The van der Waals surface area contributed by atoms with Crippen LogP contribution in [0.3, 0.4) is 0 Å². The number of hydrogen-bond donors (Lipinski definition) is 1. The van der Waals surface area contributed by atoms with E-state index in [0.717, 1.165) is 58.9 Å². The van der Waals surface area contributed by atoms with Crippen LogP contribution in [-0.2, 0) is 9.53 Å². The van der Waals surface area contributed by atoms with Gasteiger partial charge in [-0.15, -0.1) is 11.8 Å². The summed E-state index contributed by atoms with van der Waals surface area (Å²) in [6.45, 7) is 2.82. The van der Waals surface area contributed by atoms with E-state index in [1.807, 2.05) is 36.4 Å². The van der Waals surface area contributed by atoms with Gasteiger partial charge in [0.2, 0.25) is 11.8 Å². The number of thioether (sulfide) groups is 1. The van der Waals surface area contributed by atoms with Crippen LogP contribution in [0.1, 0.15) is 12.8 Å². The van der Waals surface area contributed by atoms with Crippen molar-refractivity contribution in [3.63, 3.8) is 0 Å². The van der Waals surface area contributed by atoms with E-state index in [9.17, 15) is 9.59 Å². The van der Waals surface area contributed by atoms with Gasteiger partial charge in [0.25, 0.3) is 0 Å². The lowest BCUT2D eigenvalue weighted by molar-refractivity contribution is -0.113. The Morgan fingerprint density at radius 2 is 2.00 bits per heavy atom. The summed E-state index contributed by atoms with van der Waals surface area (Å²) in [4.78, 5) is 38.0. The minimum Gasteiger partial charge on any atom is -0.497 e. The first-order valence-corrected chi connectivity index (χ1v) is 13.3. The van der Waals surface area contributed by atoms with Gasteiger partial charge in [0.1, 0.15) is 24.3 Å². The monoisotopic (exact) mass is 521 g/mol. The van der Waals surface area contributed by atoms with E-state index in [1.54, 1.807) is 12.0 Å². The highest BCUT2D eigenvalue weighted by molar-refractivity contribution is 8.00. The molecule has 3 aliphatic rings. The minimum atomic E-state index is -0.357. The van der Waals surface area contributed by atoms with Gasteiger partial charge < -0.3 is 19.5 Å². The molecular formula is C26H27N5O5S. The molecule has 11 heteroatoms. The van der Waals surface area contributed by atoms with E-state index in [1.165, 1.54) is 18.1 Å². The molecule has 3 aromatic rings. The quantitative estimate of drug-likeness (QED) is 0.521. The highest BCUT2D eigenvalue weighted by atomic mass is 32.2. The number of methoxy groups -OCH3 is 1. The number of ether oxygens (including phenoxy) is 3. The van der Waals surface area contributed by atoms with Crippen molar-refractivity contribution in [2.45, 2.75) is 29.9 Å². The molecule has 0 spiro atoms. The number of likely N-dealkylation sites (tertiary alicyclic amines) is 1. The SMILES string of the molecule is COc1ccc2ncnc(OC3CCN(CC4CN(c5ccc6c(c5)NC(=O)CS6)C(=O)O4)CC3)c2c1. The molecule has 2 fully saturated rings. The number of amides is 2. The molecular weight excluding hydrogens is 494 g/mol. The van der Waals surface area contributed by atoms with Crippen LogP contribution >= 0.6 is 11.8 Å². The number of carbonyl (C=O) groups is 2. The Kier molecular flexibility index (Phi) is 6.47. The molecule has 3 aliphatic heterocycles. The molecule has 1 unspecified atom stereocenters.